The van der Waals surface area contributed by atoms with Crippen LogP contribution < -0.4 is 5.73 Å². The van der Waals surface area contributed by atoms with Gasteiger partial charge >= 0.3 is 0 Å². The molecule has 0 radical (unpaired) electrons. The van der Waals surface area contributed by atoms with Gasteiger partial charge in [-0.2, -0.15) is 0 Å². The van der Waals surface area contributed by atoms with Crippen molar-refractivity contribution in [3.63, 3.8) is 0 Å². The number of hydrogen-bond donors (Lipinski definition) is 2. The lowest BCUT2D eigenvalue weighted by atomic mass is 9.76. The number of hydrogen-bond acceptors (Lipinski definition) is 3. The SMILES string of the molecule is NCCc1ccc(CN2CCC[C@]3(CCC[C@H]3O)C2)cc1. The lowest BCUT2D eigenvalue weighted by Crippen LogP contribution is -2.46. The molecule has 21 heavy (non-hydrogen) atoms. The van der Waals surface area contributed by atoms with Gasteiger partial charge in [-0.05, 0) is 56.3 Å². The third kappa shape index (κ3) is 3.31. The molecular weight excluding hydrogens is 260 g/mol. The van der Waals surface area contributed by atoms with Gasteiger partial charge in [-0.1, -0.05) is 30.7 Å². The summed E-state index contributed by atoms with van der Waals surface area (Å²) in [5, 5.41) is 10.3. The fourth-order valence-electron chi connectivity index (χ4n) is 4.23. The van der Waals surface area contributed by atoms with Crippen LogP contribution in [0.25, 0.3) is 0 Å². The lowest BCUT2D eigenvalue weighted by Gasteiger charge is -2.42. The summed E-state index contributed by atoms with van der Waals surface area (Å²) in [4.78, 5) is 2.54. The first kappa shape index (κ1) is 15.0. The number of piperidine rings is 1. The fourth-order valence-corrected chi connectivity index (χ4v) is 4.23. The molecule has 1 aliphatic carbocycles. The van der Waals surface area contributed by atoms with Gasteiger partial charge in [0.25, 0.3) is 0 Å². The highest BCUT2D eigenvalue weighted by Gasteiger charge is 2.44. The molecular formula is C18H28N2O. The second kappa shape index (κ2) is 6.47. The maximum atomic E-state index is 10.3. The molecule has 3 rings (SSSR count). The Kier molecular flexibility index (Phi) is 4.63. The minimum atomic E-state index is -0.0766. The molecule has 1 spiro atoms. The summed E-state index contributed by atoms with van der Waals surface area (Å²) in [6.07, 6.45) is 6.72. The van der Waals surface area contributed by atoms with Gasteiger partial charge in [0.05, 0.1) is 6.10 Å². The van der Waals surface area contributed by atoms with Crippen LogP contribution in [-0.4, -0.2) is 35.7 Å². The molecule has 0 amide bonds. The summed E-state index contributed by atoms with van der Waals surface area (Å²) in [6, 6.07) is 8.87. The molecule has 2 atom stereocenters. The van der Waals surface area contributed by atoms with Crippen molar-refractivity contribution >= 4 is 0 Å². The number of aliphatic hydroxyl groups is 1. The standard InChI is InChI=1S/C18H28N2O/c19-11-8-15-4-6-16(7-5-15)13-20-12-2-10-18(14-20)9-1-3-17(18)21/h4-7,17,21H,1-3,8-14,19H2/t17-,18-/m1/s1. The summed E-state index contributed by atoms with van der Waals surface area (Å²) in [5.41, 5.74) is 8.48. The zero-order chi connectivity index (χ0) is 14.7. The van der Waals surface area contributed by atoms with Gasteiger partial charge in [0.2, 0.25) is 0 Å². The lowest BCUT2D eigenvalue weighted by molar-refractivity contribution is -0.0120. The van der Waals surface area contributed by atoms with Crippen molar-refractivity contribution in [2.45, 2.75) is 51.2 Å². The Labute approximate surface area is 128 Å². The van der Waals surface area contributed by atoms with Crippen molar-refractivity contribution in [2.24, 2.45) is 11.1 Å². The van der Waals surface area contributed by atoms with E-state index in [1.165, 1.54) is 43.4 Å². The molecule has 3 nitrogen and oxygen atoms in total. The Morgan fingerprint density at radius 2 is 1.86 bits per heavy atom. The largest absolute Gasteiger partial charge is 0.393 e. The van der Waals surface area contributed by atoms with Crippen LogP contribution in [-0.2, 0) is 13.0 Å². The van der Waals surface area contributed by atoms with E-state index in [4.69, 9.17) is 5.73 Å². The highest BCUT2D eigenvalue weighted by atomic mass is 16.3. The summed E-state index contributed by atoms with van der Waals surface area (Å²) in [5.74, 6) is 0. The first-order chi connectivity index (χ1) is 10.2. The summed E-state index contributed by atoms with van der Waals surface area (Å²) >= 11 is 0. The van der Waals surface area contributed by atoms with E-state index < -0.39 is 0 Å². The minimum Gasteiger partial charge on any atom is -0.393 e. The van der Waals surface area contributed by atoms with Gasteiger partial charge in [-0.3, -0.25) is 4.90 Å². The molecule has 0 unspecified atom stereocenters. The fraction of sp³-hybridized carbons (Fsp3) is 0.667. The quantitative estimate of drug-likeness (QED) is 0.894. The smallest absolute Gasteiger partial charge is 0.0608 e. The van der Waals surface area contributed by atoms with Crippen molar-refractivity contribution < 1.29 is 5.11 Å². The second-order valence-electron chi connectivity index (χ2n) is 6.94. The molecule has 2 aliphatic rings. The monoisotopic (exact) mass is 288 g/mol. The molecule has 116 valence electrons. The van der Waals surface area contributed by atoms with Gasteiger partial charge in [-0.25, -0.2) is 0 Å². The first-order valence-corrected chi connectivity index (χ1v) is 8.40. The van der Waals surface area contributed by atoms with Gasteiger partial charge in [0, 0.05) is 18.5 Å². The molecule has 3 heteroatoms. The maximum absolute atomic E-state index is 10.3. The Balaban J connectivity index is 1.62. The van der Waals surface area contributed by atoms with Gasteiger partial charge in [-0.15, -0.1) is 0 Å². The summed E-state index contributed by atoms with van der Waals surface area (Å²) in [7, 11) is 0. The topological polar surface area (TPSA) is 49.5 Å². The number of likely N-dealkylation sites (tertiary alicyclic amines) is 1. The average Bonchev–Trinajstić information content (AvgIpc) is 2.82. The number of nitrogens with two attached hydrogens (primary N) is 1. The number of aliphatic hydroxyl groups excluding tert-OH is 1. The normalized spacial score (nSPS) is 30.1. The third-order valence-corrected chi connectivity index (χ3v) is 5.41. The van der Waals surface area contributed by atoms with Gasteiger partial charge in [0.15, 0.2) is 0 Å². The van der Waals surface area contributed by atoms with Crippen LogP contribution in [0.3, 0.4) is 0 Å². The maximum Gasteiger partial charge on any atom is 0.0608 e. The molecule has 0 bridgehead atoms. The molecule has 3 N–H and O–H groups in total. The van der Waals surface area contributed by atoms with Crippen molar-refractivity contribution in [2.75, 3.05) is 19.6 Å². The van der Waals surface area contributed by atoms with Crippen LogP contribution in [0.5, 0.6) is 0 Å². The second-order valence-corrected chi connectivity index (χ2v) is 6.94. The molecule has 1 aromatic carbocycles. The average molecular weight is 288 g/mol. The van der Waals surface area contributed by atoms with Crippen LogP contribution in [0, 0.1) is 5.41 Å². The van der Waals surface area contributed by atoms with E-state index in [1.54, 1.807) is 0 Å². The van der Waals surface area contributed by atoms with Crippen LogP contribution in [0.15, 0.2) is 24.3 Å². The predicted octanol–water partition coefficient (Wildman–Crippen LogP) is 2.31. The highest BCUT2D eigenvalue weighted by Crippen LogP contribution is 2.45. The summed E-state index contributed by atoms with van der Waals surface area (Å²) in [6.45, 7) is 3.96. The van der Waals surface area contributed by atoms with Crippen molar-refractivity contribution in [1.29, 1.82) is 0 Å². The molecule has 1 aromatic rings. The minimum absolute atomic E-state index is 0.0766. The number of nitrogens with zero attached hydrogens (tertiary/aromatic N) is 1. The van der Waals surface area contributed by atoms with E-state index in [9.17, 15) is 5.11 Å². The van der Waals surface area contributed by atoms with E-state index in [-0.39, 0.29) is 11.5 Å². The van der Waals surface area contributed by atoms with Crippen molar-refractivity contribution in [3.05, 3.63) is 35.4 Å². The highest BCUT2D eigenvalue weighted by molar-refractivity contribution is 5.23. The van der Waals surface area contributed by atoms with Gasteiger partial charge in [0.1, 0.15) is 0 Å². The molecule has 1 saturated carbocycles. The predicted molar refractivity (Wildman–Crippen MR) is 86.0 cm³/mol. The molecule has 0 aromatic heterocycles. The van der Waals surface area contributed by atoms with E-state index in [1.807, 2.05) is 0 Å². The number of rotatable bonds is 4. The van der Waals surface area contributed by atoms with Crippen LogP contribution in [0.2, 0.25) is 0 Å². The Morgan fingerprint density at radius 3 is 2.52 bits per heavy atom. The van der Waals surface area contributed by atoms with E-state index in [2.05, 4.69) is 29.2 Å². The molecule has 1 aliphatic heterocycles. The van der Waals surface area contributed by atoms with Crippen LogP contribution >= 0.6 is 0 Å². The van der Waals surface area contributed by atoms with E-state index >= 15 is 0 Å². The first-order valence-electron chi connectivity index (χ1n) is 8.40. The van der Waals surface area contributed by atoms with Crippen molar-refractivity contribution in [1.82, 2.24) is 4.90 Å². The third-order valence-electron chi connectivity index (χ3n) is 5.41. The summed E-state index contributed by atoms with van der Waals surface area (Å²) < 4.78 is 0. The molecule has 1 saturated heterocycles. The van der Waals surface area contributed by atoms with Crippen LogP contribution in [0.1, 0.15) is 43.2 Å². The molecule has 2 fully saturated rings. The Bertz CT molecular complexity index is 459. The zero-order valence-corrected chi connectivity index (χ0v) is 12.9. The van der Waals surface area contributed by atoms with Crippen LogP contribution in [0.4, 0.5) is 0 Å². The molecule has 1 heterocycles. The Hall–Kier alpha value is -0.900. The van der Waals surface area contributed by atoms with E-state index in [0.29, 0.717) is 6.54 Å². The number of benzene rings is 1. The zero-order valence-electron chi connectivity index (χ0n) is 12.9. The van der Waals surface area contributed by atoms with Gasteiger partial charge < -0.3 is 10.8 Å². The van der Waals surface area contributed by atoms with Crippen molar-refractivity contribution in [3.8, 4) is 0 Å². The Morgan fingerprint density at radius 1 is 1.14 bits per heavy atom. The van der Waals surface area contributed by atoms with E-state index in [0.717, 1.165) is 25.9 Å².